The summed E-state index contributed by atoms with van der Waals surface area (Å²) in [4.78, 5) is 0. The van der Waals surface area contributed by atoms with Crippen LogP contribution in [0.3, 0.4) is 0 Å². The quantitative estimate of drug-likeness (QED) is 0.506. The van der Waals surface area contributed by atoms with Crippen molar-refractivity contribution in [1.82, 2.24) is 0 Å². The first-order valence-corrected chi connectivity index (χ1v) is 9.11. The minimum absolute atomic E-state index is 0.0193. The smallest absolute Gasteiger partial charge is 0.374 e. The normalized spacial score (nSPS) is 34.9. The van der Waals surface area contributed by atoms with Crippen LogP contribution in [0.2, 0.25) is 0 Å². The van der Waals surface area contributed by atoms with Gasteiger partial charge in [-0.2, -0.15) is 39.5 Å². The van der Waals surface area contributed by atoms with Crippen molar-refractivity contribution >= 4 is 0 Å². The molecule has 10 heteroatoms. The molecule has 0 heterocycles. The van der Waals surface area contributed by atoms with E-state index in [1.807, 2.05) is 6.92 Å². The number of hydrogen-bond acceptors (Lipinski definition) is 1. The van der Waals surface area contributed by atoms with Gasteiger partial charge < -0.3 is 5.11 Å². The Hall–Kier alpha value is -0.670. The summed E-state index contributed by atoms with van der Waals surface area (Å²) in [7, 11) is 0. The summed E-state index contributed by atoms with van der Waals surface area (Å²) in [5, 5.41) is 9.48. The molecule has 0 aromatic rings. The molecule has 5 unspecified atom stereocenters. The lowest BCUT2D eigenvalue weighted by Crippen LogP contribution is -2.59. The SMILES string of the molecule is CC1C2CC(C1C)C(CC(C)(C)CC(O)(C(F)(F)F)C(F)(F)F)(C(F)(F)F)C2. The van der Waals surface area contributed by atoms with Crippen LogP contribution in [-0.2, 0) is 0 Å². The maximum atomic E-state index is 14.1. The van der Waals surface area contributed by atoms with Gasteiger partial charge in [0, 0.05) is 0 Å². The molecular weight excluding hydrogens is 403 g/mol. The number of aliphatic hydroxyl groups is 1. The first kappa shape index (κ1) is 23.6. The van der Waals surface area contributed by atoms with Crippen molar-refractivity contribution in [2.45, 2.75) is 77.5 Å². The Morgan fingerprint density at radius 1 is 0.857 bits per heavy atom. The fraction of sp³-hybridized carbons (Fsp3) is 1.00. The van der Waals surface area contributed by atoms with Gasteiger partial charge in [-0.25, -0.2) is 0 Å². The van der Waals surface area contributed by atoms with E-state index in [-0.39, 0.29) is 30.6 Å². The molecule has 0 saturated heterocycles. The van der Waals surface area contributed by atoms with Crippen molar-refractivity contribution in [3.8, 4) is 0 Å². The largest absolute Gasteiger partial charge is 0.426 e. The highest BCUT2D eigenvalue weighted by molar-refractivity contribution is 5.11. The average molecular weight is 428 g/mol. The lowest BCUT2D eigenvalue weighted by Gasteiger charge is -2.49. The van der Waals surface area contributed by atoms with Gasteiger partial charge >= 0.3 is 18.5 Å². The Morgan fingerprint density at radius 3 is 1.64 bits per heavy atom. The highest BCUT2D eigenvalue weighted by Gasteiger charge is 2.73. The van der Waals surface area contributed by atoms with Gasteiger partial charge in [0.2, 0.25) is 0 Å². The van der Waals surface area contributed by atoms with Crippen LogP contribution < -0.4 is 0 Å². The van der Waals surface area contributed by atoms with Crippen LogP contribution >= 0.6 is 0 Å². The summed E-state index contributed by atoms with van der Waals surface area (Å²) in [5.74, 6) is -1.43. The molecule has 0 amide bonds. The van der Waals surface area contributed by atoms with E-state index in [0.29, 0.717) is 0 Å². The van der Waals surface area contributed by atoms with E-state index in [4.69, 9.17) is 0 Å². The van der Waals surface area contributed by atoms with Gasteiger partial charge in [-0.15, -0.1) is 0 Å². The van der Waals surface area contributed by atoms with E-state index in [0.717, 1.165) is 13.8 Å². The fourth-order valence-electron chi connectivity index (χ4n) is 5.77. The molecule has 28 heavy (non-hydrogen) atoms. The molecule has 2 bridgehead atoms. The van der Waals surface area contributed by atoms with Gasteiger partial charge in [0.15, 0.2) is 0 Å². The molecule has 0 aromatic carbocycles. The summed E-state index contributed by atoms with van der Waals surface area (Å²) in [6.45, 7) is 5.35. The van der Waals surface area contributed by atoms with Gasteiger partial charge in [-0.05, 0) is 54.8 Å². The monoisotopic (exact) mass is 428 g/mol. The predicted molar refractivity (Wildman–Crippen MR) is 83.1 cm³/mol. The van der Waals surface area contributed by atoms with E-state index in [9.17, 15) is 44.6 Å². The lowest BCUT2D eigenvalue weighted by atomic mass is 9.58. The van der Waals surface area contributed by atoms with Crippen molar-refractivity contribution in [3.05, 3.63) is 0 Å². The standard InChI is InChI=1S/C18H25F9O/c1-9-10(2)12-5-11(9)6-14(12,16(19,20)21)7-13(3,4)8-15(28,17(22,23)24)18(25,26)27/h9-12,28H,5-8H2,1-4H3. The van der Waals surface area contributed by atoms with Crippen molar-refractivity contribution in [1.29, 1.82) is 0 Å². The van der Waals surface area contributed by atoms with E-state index >= 15 is 0 Å². The van der Waals surface area contributed by atoms with Crippen LogP contribution in [0, 0.1) is 34.5 Å². The molecule has 2 aliphatic carbocycles. The molecule has 0 radical (unpaired) electrons. The Kier molecular flexibility index (Phi) is 5.41. The molecule has 5 atom stereocenters. The molecule has 2 fully saturated rings. The van der Waals surface area contributed by atoms with Crippen LogP contribution in [-0.4, -0.2) is 29.2 Å². The topological polar surface area (TPSA) is 20.2 Å². The first-order chi connectivity index (χ1) is 12.2. The van der Waals surface area contributed by atoms with E-state index in [2.05, 4.69) is 0 Å². The zero-order valence-corrected chi connectivity index (χ0v) is 16.0. The number of rotatable bonds is 4. The van der Waals surface area contributed by atoms with Gasteiger partial charge in [-0.1, -0.05) is 27.7 Å². The fourth-order valence-corrected chi connectivity index (χ4v) is 5.77. The third-order valence-corrected chi connectivity index (χ3v) is 7.13. The van der Waals surface area contributed by atoms with Crippen molar-refractivity contribution in [2.75, 3.05) is 0 Å². The second kappa shape index (κ2) is 6.41. The van der Waals surface area contributed by atoms with Crippen LogP contribution in [0.25, 0.3) is 0 Å². The number of hydrogen-bond donors (Lipinski definition) is 1. The van der Waals surface area contributed by atoms with Crippen molar-refractivity contribution in [2.24, 2.45) is 34.5 Å². The van der Waals surface area contributed by atoms with Gasteiger partial charge in [0.05, 0.1) is 5.41 Å². The molecular formula is C18H25F9O. The molecule has 166 valence electrons. The Bertz CT molecular complexity index is 573. The van der Waals surface area contributed by atoms with Crippen LogP contribution in [0.15, 0.2) is 0 Å². The Morgan fingerprint density at radius 2 is 1.32 bits per heavy atom. The zero-order chi connectivity index (χ0) is 22.1. The molecule has 2 aliphatic rings. The third kappa shape index (κ3) is 3.51. The van der Waals surface area contributed by atoms with Crippen LogP contribution in [0.4, 0.5) is 39.5 Å². The van der Waals surface area contributed by atoms with Crippen molar-refractivity contribution < 1.29 is 44.6 Å². The summed E-state index contributed by atoms with van der Waals surface area (Å²) in [5.41, 5.74) is -9.46. The lowest BCUT2D eigenvalue weighted by molar-refractivity contribution is -0.377. The van der Waals surface area contributed by atoms with Gasteiger partial charge in [-0.3, -0.25) is 0 Å². The maximum Gasteiger partial charge on any atom is 0.426 e. The number of fused-ring (bicyclic) bond motifs is 2. The van der Waals surface area contributed by atoms with Gasteiger partial charge in [0.1, 0.15) is 0 Å². The minimum Gasteiger partial charge on any atom is -0.374 e. The summed E-state index contributed by atoms with van der Waals surface area (Å²) in [6, 6.07) is 0. The third-order valence-electron chi connectivity index (χ3n) is 7.13. The molecule has 2 saturated carbocycles. The molecule has 1 nitrogen and oxygen atoms in total. The van der Waals surface area contributed by atoms with E-state index in [1.165, 1.54) is 0 Å². The first-order valence-electron chi connectivity index (χ1n) is 9.11. The number of halogens is 9. The summed E-state index contributed by atoms with van der Waals surface area (Å²) >= 11 is 0. The highest BCUT2D eigenvalue weighted by Crippen LogP contribution is 2.69. The Balaban J connectivity index is 2.40. The predicted octanol–water partition coefficient (Wildman–Crippen LogP) is 6.51. The second-order valence-electron chi connectivity index (χ2n) is 9.55. The van der Waals surface area contributed by atoms with Crippen molar-refractivity contribution in [3.63, 3.8) is 0 Å². The van der Waals surface area contributed by atoms with E-state index in [1.54, 1.807) is 6.92 Å². The van der Waals surface area contributed by atoms with Gasteiger partial charge in [0.25, 0.3) is 5.60 Å². The van der Waals surface area contributed by atoms with Crippen LogP contribution in [0.1, 0.15) is 53.4 Å². The maximum absolute atomic E-state index is 14.1. The average Bonchev–Trinajstić information content (AvgIpc) is 2.93. The minimum atomic E-state index is -6.05. The van der Waals surface area contributed by atoms with Crippen LogP contribution in [0.5, 0.6) is 0 Å². The molecule has 1 N–H and O–H groups in total. The zero-order valence-electron chi connectivity index (χ0n) is 16.0. The molecule has 2 rings (SSSR count). The molecule has 0 spiro atoms. The summed E-state index contributed by atoms with van der Waals surface area (Å²) < 4.78 is 121. The molecule has 0 aromatic heterocycles. The Labute approximate surface area is 157 Å². The summed E-state index contributed by atoms with van der Waals surface area (Å²) in [6.07, 6.45) is -19.7. The molecule has 0 aliphatic heterocycles. The second-order valence-corrected chi connectivity index (χ2v) is 9.55. The highest BCUT2D eigenvalue weighted by atomic mass is 19.4. The van der Waals surface area contributed by atoms with E-state index < -0.39 is 53.7 Å². The number of alkyl halides is 9.